The van der Waals surface area contributed by atoms with Crippen molar-refractivity contribution in [2.24, 2.45) is 0 Å². The Hall–Kier alpha value is -2.17. The van der Waals surface area contributed by atoms with E-state index in [1.165, 1.54) is 10.6 Å². The molecule has 0 atom stereocenters. The molecule has 2 aromatic rings. The lowest BCUT2D eigenvalue weighted by atomic mass is 9.97. The molecule has 1 aliphatic carbocycles. The van der Waals surface area contributed by atoms with Crippen LogP contribution in [0.4, 0.5) is 0 Å². The summed E-state index contributed by atoms with van der Waals surface area (Å²) in [5.41, 5.74) is 2.60. The van der Waals surface area contributed by atoms with E-state index >= 15 is 0 Å². The third-order valence-electron chi connectivity index (χ3n) is 3.60. The van der Waals surface area contributed by atoms with E-state index in [1.54, 1.807) is 19.1 Å². The van der Waals surface area contributed by atoms with Gasteiger partial charge in [-0.1, -0.05) is 0 Å². The molecule has 0 radical (unpaired) electrons. The quantitative estimate of drug-likeness (QED) is 0.781. The molecule has 0 unspecified atom stereocenters. The zero-order valence-corrected chi connectivity index (χ0v) is 11.4. The number of nitrogens with zero attached hydrogens (tertiary/aromatic N) is 2. The lowest BCUT2D eigenvalue weighted by Crippen LogP contribution is -2.25. The average molecular weight is 272 g/mol. The maximum absolute atomic E-state index is 12.5. The first-order valence-corrected chi connectivity index (χ1v) is 6.92. The van der Waals surface area contributed by atoms with Crippen LogP contribution in [-0.4, -0.2) is 22.0 Å². The highest BCUT2D eigenvalue weighted by molar-refractivity contribution is 5.89. The van der Waals surface area contributed by atoms with Crippen molar-refractivity contribution in [1.82, 2.24) is 9.38 Å². The fraction of sp³-hybridized carbons (Fsp3) is 0.400. The van der Waals surface area contributed by atoms with Gasteiger partial charge >= 0.3 is 5.97 Å². The van der Waals surface area contributed by atoms with Gasteiger partial charge in [0.25, 0.3) is 5.56 Å². The fourth-order valence-electron chi connectivity index (χ4n) is 2.61. The SMILES string of the molecule is CCOC(=O)c1ccc2nc3c(c(=O)n2c1)CCCC3. The number of hydrogen-bond acceptors (Lipinski definition) is 4. The molecule has 0 saturated heterocycles. The molecular formula is C15H16N2O3. The third kappa shape index (κ3) is 2.09. The summed E-state index contributed by atoms with van der Waals surface area (Å²) >= 11 is 0. The van der Waals surface area contributed by atoms with E-state index < -0.39 is 5.97 Å². The minimum Gasteiger partial charge on any atom is -0.462 e. The van der Waals surface area contributed by atoms with Crippen molar-refractivity contribution in [2.45, 2.75) is 32.6 Å². The van der Waals surface area contributed by atoms with Gasteiger partial charge in [-0.2, -0.15) is 0 Å². The lowest BCUT2D eigenvalue weighted by Gasteiger charge is -2.15. The number of carbonyl (C=O) groups is 1. The van der Waals surface area contributed by atoms with Gasteiger partial charge < -0.3 is 4.74 Å². The summed E-state index contributed by atoms with van der Waals surface area (Å²) in [6.45, 7) is 2.07. The van der Waals surface area contributed by atoms with Crippen LogP contribution in [0.5, 0.6) is 0 Å². The topological polar surface area (TPSA) is 60.7 Å². The van der Waals surface area contributed by atoms with Crippen molar-refractivity contribution >= 4 is 11.6 Å². The largest absolute Gasteiger partial charge is 0.462 e. The van der Waals surface area contributed by atoms with Gasteiger partial charge in [0.1, 0.15) is 5.65 Å². The molecule has 0 amide bonds. The summed E-state index contributed by atoms with van der Waals surface area (Å²) in [4.78, 5) is 28.7. The molecule has 0 saturated carbocycles. The van der Waals surface area contributed by atoms with Gasteiger partial charge in [-0.25, -0.2) is 9.78 Å². The predicted molar refractivity (Wildman–Crippen MR) is 74.1 cm³/mol. The summed E-state index contributed by atoms with van der Waals surface area (Å²) < 4.78 is 6.41. The number of carbonyl (C=O) groups excluding carboxylic acids is 1. The summed E-state index contributed by atoms with van der Waals surface area (Å²) in [7, 11) is 0. The molecule has 5 nitrogen and oxygen atoms in total. The highest BCUT2D eigenvalue weighted by Crippen LogP contribution is 2.17. The Kier molecular flexibility index (Phi) is 3.26. The Balaban J connectivity index is 2.16. The number of aromatic nitrogens is 2. The van der Waals surface area contributed by atoms with E-state index in [4.69, 9.17) is 4.74 Å². The highest BCUT2D eigenvalue weighted by atomic mass is 16.5. The first-order valence-electron chi connectivity index (χ1n) is 6.92. The van der Waals surface area contributed by atoms with Crippen molar-refractivity contribution in [3.63, 3.8) is 0 Å². The molecule has 5 heteroatoms. The lowest BCUT2D eigenvalue weighted by molar-refractivity contribution is 0.0525. The summed E-state index contributed by atoms with van der Waals surface area (Å²) in [6.07, 6.45) is 5.26. The van der Waals surface area contributed by atoms with Crippen LogP contribution in [0.2, 0.25) is 0 Å². The van der Waals surface area contributed by atoms with Crippen molar-refractivity contribution in [1.29, 1.82) is 0 Å². The number of fused-ring (bicyclic) bond motifs is 2. The summed E-state index contributed by atoms with van der Waals surface area (Å²) in [5.74, 6) is -0.418. The Morgan fingerprint density at radius 3 is 2.95 bits per heavy atom. The number of aryl methyl sites for hydroxylation is 1. The standard InChI is InChI=1S/C15H16N2O3/c1-2-20-15(19)10-7-8-13-16-12-6-4-3-5-11(12)14(18)17(13)9-10/h7-9H,2-6H2,1H3. The molecule has 0 fully saturated rings. The van der Waals surface area contributed by atoms with Gasteiger partial charge in [0.2, 0.25) is 0 Å². The van der Waals surface area contributed by atoms with Crippen LogP contribution in [0, 0.1) is 0 Å². The summed E-state index contributed by atoms with van der Waals surface area (Å²) in [5, 5.41) is 0. The van der Waals surface area contributed by atoms with E-state index in [1.807, 2.05) is 0 Å². The number of hydrogen-bond donors (Lipinski definition) is 0. The van der Waals surface area contributed by atoms with E-state index in [0.29, 0.717) is 17.8 Å². The van der Waals surface area contributed by atoms with Crippen molar-refractivity contribution in [3.8, 4) is 0 Å². The third-order valence-corrected chi connectivity index (χ3v) is 3.60. The molecule has 104 valence electrons. The molecule has 0 bridgehead atoms. The number of esters is 1. The van der Waals surface area contributed by atoms with Crippen LogP contribution in [-0.2, 0) is 17.6 Å². The highest BCUT2D eigenvalue weighted by Gasteiger charge is 2.17. The van der Waals surface area contributed by atoms with Gasteiger partial charge in [0, 0.05) is 11.8 Å². The van der Waals surface area contributed by atoms with Gasteiger partial charge in [-0.05, 0) is 44.7 Å². The second-order valence-electron chi connectivity index (χ2n) is 4.92. The normalized spacial score (nSPS) is 14.1. The molecule has 0 spiro atoms. The first-order chi connectivity index (χ1) is 9.70. The minimum atomic E-state index is -0.418. The van der Waals surface area contributed by atoms with Crippen LogP contribution in [0.25, 0.3) is 5.65 Å². The smallest absolute Gasteiger partial charge is 0.339 e. The molecule has 1 aliphatic rings. The second kappa shape index (κ2) is 5.07. The zero-order valence-electron chi connectivity index (χ0n) is 11.4. The Bertz CT molecular complexity index is 734. The fourth-order valence-corrected chi connectivity index (χ4v) is 2.61. The maximum Gasteiger partial charge on any atom is 0.339 e. The minimum absolute atomic E-state index is 0.0594. The summed E-state index contributed by atoms with van der Waals surface area (Å²) in [6, 6.07) is 3.34. The van der Waals surface area contributed by atoms with Crippen molar-refractivity contribution < 1.29 is 9.53 Å². The van der Waals surface area contributed by atoms with E-state index in [0.717, 1.165) is 36.9 Å². The maximum atomic E-state index is 12.5. The average Bonchev–Trinajstić information content (AvgIpc) is 2.47. The molecule has 0 aromatic carbocycles. The molecule has 2 heterocycles. The second-order valence-corrected chi connectivity index (χ2v) is 4.92. The van der Waals surface area contributed by atoms with Gasteiger partial charge in [0.15, 0.2) is 0 Å². The van der Waals surface area contributed by atoms with Gasteiger partial charge in [-0.15, -0.1) is 0 Å². The number of rotatable bonds is 2. The molecule has 2 aromatic heterocycles. The number of ether oxygens (including phenoxy) is 1. The van der Waals surface area contributed by atoms with Crippen LogP contribution >= 0.6 is 0 Å². The Morgan fingerprint density at radius 2 is 2.15 bits per heavy atom. The van der Waals surface area contributed by atoms with Crippen molar-refractivity contribution in [2.75, 3.05) is 6.61 Å². The molecular weight excluding hydrogens is 256 g/mol. The van der Waals surface area contributed by atoms with Crippen LogP contribution in [0.15, 0.2) is 23.1 Å². The Labute approximate surface area is 116 Å². The van der Waals surface area contributed by atoms with Crippen LogP contribution in [0.3, 0.4) is 0 Å². The van der Waals surface area contributed by atoms with E-state index in [2.05, 4.69) is 4.98 Å². The monoisotopic (exact) mass is 272 g/mol. The molecule has 0 N–H and O–H groups in total. The first kappa shape index (κ1) is 12.8. The molecule has 0 aliphatic heterocycles. The zero-order chi connectivity index (χ0) is 14.1. The van der Waals surface area contributed by atoms with Gasteiger partial charge in [-0.3, -0.25) is 9.20 Å². The number of pyridine rings is 1. The van der Waals surface area contributed by atoms with E-state index in [-0.39, 0.29) is 5.56 Å². The molecule has 20 heavy (non-hydrogen) atoms. The van der Waals surface area contributed by atoms with Crippen LogP contribution in [0.1, 0.15) is 41.4 Å². The van der Waals surface area contributed by atoms with E-state index in [9.17, 15) is 9.59 Å². The Morgan fingerprint density at radius 1 is 1.35 bits per heavy atom. The molecule has 3 rings (SSSR count). The van der Waals surface area contributed by atoms with Crippen molar-refractivity contribution in [3.05, 3.63) is 45.5 Å². The predicted octanol–water partition coefficient (Wildman–Crippen LogP) is 1.75. The van der Waals surface area contributed by atoms with Crippen LogP contribution < -0.4 is 5.56 Å². The van der Waals surface area contributed by atoms with Gasteiger partial charge in [0.05, 0.1) is 17.9 Å².